The van der Waals surface area contributed by atoms with Gasteiger partial charge in [-0.15, -0.1) is 0 Å². The van der Waals surface area contributed by atoms with Crippen LogP contribution in [0.4, 0.5) is 5.69 Å². The van der Waals surface area contributed by atoms with Gasteiger partial charge in [0.2, 0.25) is 5.91 Å². The van der Waals surface area contributed by atoms with Gasteiger partial charge in [0.25, 0.3) is 11.5 Å². The smallest absolute Gasteiger partial charge is 0.280 e. The van der Waals surface area contributed by atoms with Crippen LogP contribution in [-0.2, 0) is 9.59 Å². The molecule has 1 aliphatic rings. The van der Waals surface area contributed by atoms with Crippen molar-refractivity contribution in [3.63, 3.8) is 0 Å². The molecule has 1 aliphatic heterocycles. The number of H-pyrrole nitrogens is 1. The summed E-state index contributed by atoms with van der Waals surface area (Å²) in [6.07, 6.45) is 1.45. The Bertz CT molecular complexity index is 541. The molecule has 1 unspecified atom stereocenters. The SMILES string of the molecule is CN1C(=O)CC(Nc2cn[nH]c(=O)c2Br)C1=O. The predicted molar refractivity (Wildman–Crippen MR) is 62.4 cm³/mol. The second-order valence-corrected chi connectivity index (χ2v) is 4.41. The summed E-state index contributed by atoms with van der Waals surface area (Å²) in [7, 11) is 1.43. The molecule has 1 fully saturated rings. The minimum absolute atomic E-state index is 0.0779. The number of hydrogen-bond acceptors (Lipinski definition) is 5. The molecule has 1 atom stereocenters. The van der Waals surface area contributed by atoms with Crippen molar-refractivity contribution in [3.05, 3.63) is 21.0 Å². The van der Waals surface area contributed by atoms with E-state index in [1.165, 1.54) is 13.2 Å². The van der Waals surface area contributed by atoms with Gasteiger partial charge in [-0.3, -0.25) is 19.3 Å². The number of anilines is 1. The highest BCUT2D eigenvalue weighted by Gasteiger charge is 2.36. The van der Waals surface area contributed by atoms with Gasteiger partial charge in [0.15, 0.2) is 0 Å². The third-order valence-corrected chi connectivity index (χ3v) is 3.29. The largest absolute Gasteiger partial charge is 0.371 e. The number of hydrogen-bond donors (Lipinski definition) is 2. The van der Waals surface area contributed by atoms with E-state index in [0.717, 1.165) is 4.90 Å². The number of aromatic amines is 1. The van der Waals surface area contributed by atoms with E-state index in [1.54, 1.807) is 0 Å². The Labute approximate surface area is 104 Å². The zero-order chi connectivity index (χ0) is 12.6. The van der Waals surface area contributed by atoms with Crippen molar-refractivity contribution in [1.29, 1.82) is 0 Å². The Kier molecular flexibility index (Phi) is 2.97. The summed E-state index contributed by atoms with van der Waals surface area (Å²) >= 11 is 3.08. The quantitative estimate of drug-likeness (QED) is 0.731. The summed E-state index contributed by atoms with van der Waals surface area (Å²) in [5, 5.41) is 8.67. The van der Waals surface area contributed by atoms with Crippen LogP contribution in [0.1, 0.15) is 6.42 Å². The minimum atomic E-state index is -0.646. The average molecular weight is 301 g/mol. The second-order valence-electron chi connectivity index (χ2n) is 3.62. The first kappa shape index (κ1) is 11.8. The van der Waals surface area contributed by atoms with Crippen LogP contribution in [0.25, 0.3) is 0 Å². The monoisotopic (exact) mass is 300 g/mol. The van der Waals surface area contributed by atoms with Crippen LogP contribution in [0.5, 0.6) is 0 Å². The van der Waals surface area contributed by atoms with Crippen molar-refractivity contribution in [2.45, 2.75) is 12.5 Å². The van der Waals surface area contributed by atoms with Crippen molar-refractivity contribution in [2.24, 2.45) is 0 Å². The summed E-state index contributed by atoms with van der Waals surface area (Å²) in [6, 6.07) is -0.646. The summed E-state index contributed by atoms with van der Waals surface area (Å²) in [6.45, 7) is 0. The molecule has 0 aliphatic carbocycles. The molecule has 0 saturated carbocycles. The van der Waals surface area contributed by atoms with E-state index < -0.39 is 11.6 Å². The molecule has 0 aromatic carbocycles. The highest BCUT2D eigenvalue weighted by molar-refractivity contribution is 9.10. The number of halogens is 1. The summed E-state index contributed by atoms with van der Waals surface area (Å²) in [5.74, 6) is -0.566. The van der Waals surface area contributed by atoms with Gasteiger partial charge in [-0.25, -0.2) is 5.10 Å². The van der Waals surface area contributed by atoms with Crippen LogP contribution in [0.3, 0.4) is 0 Å². The van der Waals surface area contributed by atoms with E-state index >= 15 is 0 Å². The number of carbonyl (C=O) groups excluding carboxylic acids is 2. The standard InChI is InChI=1S/C9H9BrN4O3/c1-14-6(15)2-4(9(14)17)12-5-3-11-13-8(16)7(5)10/h3-4H,2H2,1H3,(H2,12,13,16). The van der Waals surface area contributed by atoms with Crippen molar-refractivity contribution < 1.29 is 9.59 Å². The first-order valence-electron chi connectivity index (χ1n) is 4.81. The Morgan fingerprint density at radius 1 is 1.53 bits per heavy atom. The maximum atomic E-state index is 11.6. The summed E-state index contributed by atoms with van der Waals surface area (Å²) < 4.78 is 0.252. The van der Waals surface area contributed by atoms with Gasteiger partial charge in [0.1, 0.15) is 10.5 Å². The Morgan fingerprint density at radius 3 is 2.82 bits per heavy atom. The maximum Gasteiger partial charge on any atom is 0.280 e. The molecule has 2 heterocycles. The molecule has 0 spiro atoms. The van der Waals surface area contributed by atoms with E-state index in [1.807, 2.05) is 0 Å². The molecular formula is C9H9BrN4O3. The summed E-state index contributed by atoms with van der Waals surface area (Å²) in [4.78, 5) is 35.3. The lowest BCUT2D eigenvalue weighted by atomic mass is 10.2. The molecule has 2 N–H and O–H groups in total. The number of likely N-dealkylation sites (tertiary alicyclic amines) is 1. The average Bonchev–Trinajstić information content (AvgIpc) is 2.53. The first-order valence-corrected chi connectivity index (χ1v) is 5.60. The number of imide groups is 1. The molecule has 0 bridgehead atoms. The minimum Gasteiger partial charge on any atom is -0.371 e. The molecular weight excluding hydrogens is 292 g/mol. The van der Waals surface area contributed by atoms with Crippen LogP contribution in [-0.4, -0.2) is 40.0 Å². The molecule has 0 radical (unpaired) electrons. The summed E-state index contributed by atoms with van der Waals surface area (Å²) in [5.41, 5.74) is -0.0182. The molecule has 2 rings (SSSR count). The lowest BCUT2D eigenvalue weighted by Gasteiger charge is -2.12. The van der Waals surface area contributed by atoms with Crippen LogP contribution in [0.2, 0.25) is 0 Å². The second kappa shape index (κ2) is 4.28. The van der Waals surface area contributed by atoms with Crippen molar-refractivity contribution in [1.82, 2.24) is 15.1 Å². The van der Waals surface area contributed by atoms with E-state index in [9.17, 15) is 14.4 Å². The lowest BCUT2D eigenvalue weighted by Crippen LogP contribution is -2.32. The van der Waals surface area contributed by atoms with E-state index in [4.69, 9.17) is 0 Å². The molecule has 1 saturated heterocycles. The fraction of sp³-hybridized carbons (Fsp3) is 0.333. The van der Waals surface area contributed by atoms with Crippen LogP contribution >= 0.6 is 15.9 Å². The number of nitrogens with zero attached hydrogens (tertiary/aromatic N) is 2. The van der Waals surface area contributed by atoms with Crippen molar-refractivity contribution >= 4 is 33.4 Å². The van der Waals surface area contributed by atoms with Crippen LogP contribution in [0.15, 0.2) is 15.5 Å². The Morgan fingerprint density at radius 2 is 2.24 bits per heavy atom. The predicted octanol–water partition coefficient (Wildman–Crippen LogP) is -0.298. The molecule has 1 aromatic rings. The van der Waals surface area contributed by atoms with Crippen molar-refractivity contribution in [2.75, 3.05) is 12.4 Å². The van der Waals surface area contributed by atoms with Crippen LogP contribution in [0, 0.1) is 0 Å². The number of amides is 2. The van der Waals surface area contributed by atoms with E-state index in [-0.39, 0.29) is 22.7 Å². The van der Waals surface area contributed by atoms with Gasteiger partial charge in [-0.2, -0.15) is 5.10 Å². The molecule has 17 heavy (non-hydrogen) atoms. The third kappa shape index (κ3) is 2.07. The van der Waals surface area contributed by atoms with Gasteiger partial charge in [-0.1, -0.05) is 0 Å². The van der Waals surface area contributed by atoms with Gasteiger partial charge in [0, 0.05) is 7.05 Å². The van der Waals surface area contributed by atoms with Gasteiger partial charge < -0.3 is 5.32 Å². The highest BCUT2D eigenvalue weighted by Crippen LogP contribution is 2.20. The molecule has 1 aromatic heterocycles. The Balaban J connectivity index is 2.23. The molecule has 90 valence electrons. The topological polar surface area (TPSA) is 95.2 Å². The highest BCUT2D eigenvalue weighted by atomic mass is 79.9. The zero-order valence-corrected chi connectivity index (χ0v) is 10.4. The molecule has 2 amide bonds. The number of carbonyl (C=O) groups is 2. The third-order valence-electron chi connectivity index (χ3n) is 2.51. The molecule has 7 nitrogen and oxygen atoms in total. The number of rotatable bonds is 2. The Hall–Kier alpha value is -1.70. The van der Waals surface area contributed by atoms with E-state index in [2.05, 4.69) is 31.4 Å². The van der Waals surface area contributed by atoms with Crippen LogP contribution < -0.4 is 10.9 Å². The first-order chi connectivity index (χ1) is 8.00. The number of aromatic nitrogens is 2. The fourth-order valence-electron chi connectivity index (χ4n) is 1.54. The maximum absolute atomic E-state index is 11.6. The number of nitrogens with one attached hydrogen (secondary N) is 2. The van der Waals surface area contributed by atoms with Gasteiger partial charge >= 0.3 is 0 Å². The normalized spacial score (nSPS) is 19.9. The number of likely N-dealkylation sites (N-methyl/N-ethyl adjacent to an activating group) is 1. The zero-order valence-electron chi connectivity index (χ0n) is 8.86. The lowest BCUT2D eigenvalue weighted by molar-refractivity contribution is -0.136. The fourth-order valence-corrected chi connectivity index (χ4v) is 1.85. The van der Waals surface area contributed by atoms with Crippen molar-refractivity contribution in [3.8, 4) is 0 Å². The van der Waals surface area contributed by atoms with E-state index in [0.29, 0.717) is 5.69 Å². The molecule has 8 heteroatoms. The van der Waals surface area contributed by atoms with Gasteiger partial charge in [0.05, 0.1) is 18.3 Å². The van der Waals surface area contributed by atoms with Gasteiger partial charge in [-0.05, 0) is 15.9 Å².